The standard InChI is InChI=1S/C23H34OSi/c1-6-19(21-12-16-23(17-13-21)25(3,4)5)9-7-8-18(2)20-10-14-22(24)15-11-20/h10-19,24H,6-9H2,1-5H3. The second-order valence-corrected chi connectivity index (χ2v) is 13.5. The monoisotopic (exact) mass is 354 g/mol. The van der Waals surface area contributed by atoms with Crippen molar-refractivity contribution in [2.24, 2.45) is 0 Å². The van der Waals surface area contributed by atoms with Crippen molar-refractivity contribution >= 4 is 13.3 Å². The molecule has 0 heterocycles. The van der Waals surface area contributed by atoms with E-state index < -0.39 is 8.07 Å². The summed E-state index contributed by atoms with van der Waals surface area (Å²) in [6.45, 7) is 11.8. The zero-order chi connectivity index (χ0) is 18.4. The molecule has 136 valence electrons. The number of aromatic hydroxyl groups is 1. The van der Waals surface area contributed by atoms with Crippen LogP contribution in [0, 0.1) is 0 Å². The Balaban J connectivity index is 1.90. The first-order chi connectivity index (χ1) is 11.8. The minimum Gasteiger partial charge on any atom is -0.508 e. The molecular formula is C23H34OSi. The Labute approximate surface area is 155 Å². The van der Waals surface area contributed by atoms with E-state index in [4.69, 9.17) is 0 Å². The highest BCUT2D eigenvalue weighted by Crippen LogP contribution is 2.29. The van der Waals surface area contributed by atoms with Crippen LogP contribution in [0.15, 0.2) is 48.5 Å². The Morgan fingerprint density at radius 1 is 0.840 bits per heavy atom. The van der Waals surface area contributed by atoms with Crippen molar-refractivity contribution < 1.29 is 5.11 Å². The number of phenols is 1. The van der Waals surface area contributed by atoms with Crippen LogP contribution >= 0.6 is 0 Å². The molecule has 0 aromatic heterocycles. The number of hydrogen-bond donors (Lipinski definition) is 1. The van der Waals surface area contributed by atoms with E-state index in [9.17, 15) is 5.11 Å². The molecule has 0 aliphatic rings. The zero-order valence-corrected chi connectivity index (χ0v) is 17.5. The Morgan fingerprint density at radius 3 is 1.92 bits per heavy atom. The van der Waals surface area contributed by atoms with Gasteiger partial charge >= 0.3 is 0 Å². The fourth-order valence-electron chi connectivity index (χ4n) is 3.50. The topological polar surface area (TPSA) is 20.2 Å². The third kappa shape index (κ3) is 5.74. The minimum atomic E-state index is -1.20. The van der Waals surface area contributed by atoms with E-state index in [1.807, 2.05) is 12.1 Å². The van der Waals surface area contributed by atoms with Gasteiger partial charge in [-0.1, -0.05) is 81.5 Å². The first-order valence-corrected chi connectivity index (χ1v) is 13.2. The van der Waals surface area contributed by atoms with E-state index in [0.717, 1.165) is 0 Å². The molecule has 2 atom stereocenters. The fourth-order valence-corrected chi connectivity index (χ4v) is 4.67. The lowest BCUT2D eigenvalue weighted by Crippen LogP contribution is -2.37. The van der Waals surface area contributed by atoms with E-state index in [0.29, 0.717) is 17.6 Å². The van der Waals surface area contributed by atoms with Crippen LogP contribution in [0.3, 0.4) is 0 Å². The van der Waals surface area contributed by atoms with Crippen molar-refractivity contribution in [3.05, 3.63) is 59.7 Å². The van der Waals surface area contributed by atoms with Gasteiger partial charge in [-0.15, -0.1) is 0 Å². The largest absolute Gasteiger partial charge is 0.508 e. The lowest BCUT2D eigenvalue weighted by molar-refractivity contribution is 0.474. The maximum absolute atomic E-state index is 9.42. The third-order valence-electron chi connectivity index (χ3n) is 5.39. The molecule has 0 spiro atoms. The van der Waals surface area contributed by atoms with Gasteiger partial charge in [-0.3, -0.25) is 0 Å². The summed E-state index contributed by atoms with van der Waals surface area (Å²) in [5, 5.41) is 11.0. The average molecular weight is 355 g/mol. The van der Waals surface area contributed by atoms with Gasteiger partial charge < -0.3 is 5.11 Å². The summed E-state index contributed by atoms with van der Waals surface area (Å²) in [5.41, 5.74) is 2.83. The molecule has 0 saturated carbocycles. The molecule has 1 nitrogen and oxygen atoms in total. The highest BCUT2D eigenvalue weighted by molar-refractivity contribution is 6.88. The predicted octanol–water partition coefficient (Wildman–Crippen LogP) is 6.41. The Morgan fingerprint density at radius 2 is 1.40 bits per heavy atom. The summed E-state index contributed by atoms with van der Waals surface area (Å²) in [4.78, 5) is 0. The summed E-state index contributed by atoms with van der Waals surface area (Å²) in [7, 11) is -1.20. The molecule has 0 aliphatic carbocycles. The van der Waals surface area contributed by atoms with Gasteiger partial charge in [0.2, 0.25) is 0 Å². The number of phenolic OH excluding ortho intramolecular Hbond substituents is 1. The van der Waals surface area contributed by atoms with Gasteiger partial charge in [0.05, 0.1) is 8.07 Å². The molecular weight excluding hydrogens is 320 g/mol. The van der Waals surface area contributed by atoms with Crippen LogP contribution in [0.2, 0.25) is 19.6 Å². The highest BCUT2D eigenvalue weighted by Gasteiger charge is 2.17. The van der Waals surface area contributed by atoms with Gasteiger partial charge in [-0.05, 0) is 54.4 Å². The van der Waals surface area contributed by atoms with Crippen LogP contribution in [0.5, 0.6) is 5.75 Å². The summed E-state index contributed by atoms with van der Waals surface area (Å²) in [6.07, 6.45) is 4.91. The quantitative estimate of drug-likeness (QED) is 0.543. The first kappa shape index (κ1) is 19.8. The highest BCUT2D eigenvalue weighted by atomic mass is 28.3. The Bertz CT molecular complexity index is 637. The first-order valence-electron chi connectivity index (χ1n) is 9.70. The van der Waals surface area contributed by atoms with Crippen molar-refractivity contribution in [3.63, 3.8) is 0 Å². The van der Waals surface area contributed by atoms with Crippen molar-refractivity contribution in [1.82, 2.24) is 0 Å². The summed E-state index contributed by atoms with van der Waals surface area (Å²) in [5.74, 6) is 1.57. The number of hydrogen-bond acceptors (Lipinski definition) is 1. The second-order valence-electron chi connectivity index (χ2n) is 8.40. The lowest BCUT2D eigenvalue weighted by Gasteiger charge is -2.20. The number of rotatable bonds is 8. The third-order valence-corrected chi connectivity index (χ3v) is 7.46. The van der Waals surface area contributed by atoms with E-state index in [1.165, 1.54) is 36.8 Å². The Hall–Kier alpha value is -1.54. The molecule has 2 heteroatoms. The van der Waals surface area contributed by atoms with Crippen molar-refractivity contribution in [3.8, 4) is 5.75 Å². The smallest absolute Gasteiger partial charge is 0.115 e. The van der Waals surface area contributed by atoms with E-state index in [1.54, 1.807) is 17.3 Å². The van der Waals surface area contributed by atoms with Gasteiger partial charge in [0, 0.05) is 0 Å². The fraction of sp³-hybridized carbons (Fsp3) is 0.478. The van der Waals surface area contributed by atoms with Crippen LogP contribution in [-0.2, 0) is 0 Å². The van der Waals surface area contributed by atoms with Crippen molar-refractivity contribution in [2.45, 2.75) is 71.0 Å². The molecule has 25 heavy (non-hydrogen) atoms. The van der Waals surface area contributed by atoms with E-state index >= 15 is 0 Å². The molecule has 0 amide bonds. The van der Waals surface area contributed by atoms with Crippen LogP contribution in [0.1, 0.15) is 62.5 Å². The molecule has 2 aromatic rings. The van der Waals surface area contributed by atoms with Crippen LogP contribution in [0.25, 0.3) is 0 Å². The Kier molecular flexibility index (Phi) is 6.89. The maximum Gasteiger partial charge on any atom is 0.115 e. The molecule has 0 bridgehead atoms. The zero-order valence-electron chi connectivity index (χ0n) is 16.5. The molecule has 2 unspecified atom stereocenters. The molecule has 1 N–H and O–H groups in total. The molecule has 0 fully saturated rings. The molecule has 0 radical (unpaired) electrons. The van der Waals surface area contributed by atoms with E-state index in [-0.39, 0.29) is 0 Å². The van der Waals surface area contributed by atoms with Crippen molar-refractivity contribution in [1.29, 1.82) is 0 Å². The molecule has 2 rings (SSSR count). The molecule has 0 saturated heterocycles. The van der Waals surface area contributed by atoms with Crippen LogP contribution in [-0.4, -0.2) is 13.2 Å². The van der Waals surface area contributed by atoms with Gasteiger partial charge in [0.1, 0.15) is 5.75 Å². The summed E-state index contributed by atoms with van der Waals surface area (Å²) in [6, 6.07) is 17.1. The van der Waals surface area contributed by atoms with Gasteiger partial charge in [-0.2, -0.15) is 0 Å². The van der Waals surface area contributed by atoms with Crippen molar-refractivity contribution in [2.75, 3.05) is 0 Å². The SMILES string of the molecule is CCC(CCCC(C)c1ccc(O)cc1)c1ccc([Si](C)(C)C)cc1. The number of benzene rings is 2. The molecule has 0 aliphatic heterocycles. The maximum atomic E-state index is 9.42. The summed E-state index contributed by atoms with van der Waals surface area (Å²) < 4.78 is 0. The van der Waals surface area contributed by atoms with Crippen LogP contribution in [0.4, 0.5) is 0 Å². The normalized spacial score (nSPS) is 14.3. The van der Waals surface area contributed by atoms with Gasteiger partial charge in [0.15, 0.2) is 0 Å². The second kappa shape index (κ2) is 8.71. The predicted molar refractivity (Wildman–Crippen MR) is 113 cm³/mol. The average Bonchev–Trinajstić information content (AvgIpc) is 2.58. The summed E-state index contributed by atoms with van der Waals surface area (Å²) >= 11 is 0. The van der Waals surface area contributed by atoms with Gasteiger partial charge in [-0.25, -0.2) is 0 Å². The lowest BCUT2D eigenvalue weighted by atomic mass is 9.88. The van der Waals surface area contributed by atoms with Crippen LogP contribution < -0.4 is 5.19 Å². The minimum absolute atomic E-state index is 0.351. The van der Waals surface area contributed by atoms with E-state index in [2.05, 4.69) is 57.8 Å². The molecule has 2 aromatic carbocycles. The van der Waals surface area contributed by atoms with Gasteiger partial charge in [0.25, 0.3) is 0 Å².